The Morgan fingerprint density at radius 2 is 2.12 bits per heavy atom. The molecule has 12 nitrogen and oxygen atoms in total. The third kappa shape index (κ3) is 5.37. The highest BCUT2D eigenvalue weighted by Gasteiger charge is 2.44. The molecule has 1 fully saturated rings. The highest BCUT2D eigenvalue weighted by Crippen LogP contribution is 2.32. The van der Waals surface area contributed by atoms with Crippen LogP contribution in [0.3, 0.4) is 0 Å². The van der Waals surface area contributed by atoms with Crippen LogP contribution in [0, 0.1) is 0 Å². The fourth-order valence-corrected chi connectivity index (χ4v) is 4.05. The Kier molecular flexibility index (Phi) is 7.44. The number of nitrogens with one attached hydrogen (secondary N) is 2. The van der Waals surface area contributed by atoms with Gasteiger partial charge in [-0.1, -0.05) is 17.7 Å². The number of amides is 2. The van der Waals surface area contributed by atoms with Crippen molar-refractivity contribution < 1.29 is 19.7 Å². The SMILES string of the molecule is CN(CCCNC(=O)Nc1cccc(Cl)c1)C[C@H]1OC(n2cnc3c(N)ncnc32)[C@H](O)[C@@H]1O. The Bertz CT molecular complexity index is 1140. The summed E-state index contributed by atoms with van der Waals surface area (Å²) in [7, 11) is 1.88. The second kappa shape index (κ2) is 10.5. The summed E-state index contributed by atoms with van der Waals surface area (Å²) in [6, 6.07) is 6.59. The molecule has 3 heterocycles. The van der Waals surface area contributed by atoms with Crippen LogP contribution in [0.2, 0.25) is 5.02 Å². The van der Waals surface area contributed by atoms with E-state index in [1.54, 1.807) is 28.8 Å². The van der Waals surface area contributed by atoms with Crippen LogP contribution >= 0.6 is 11.6 Å². The van der Waals surface area contributed by atoms with Crippen molar-refractivity contribution in [2.24, 2.45) is 0 Å². The molecule has 0 saturated carbocycles. The molecule has 2 amide bonds. The predicted octanol–water partition coefficient (Wildman–Crippen LogP) is 0.825. The fraction of sp³-hybridized carbons (Fsp3) is 0.429. The number of nitrogens with two attached hydrogens (primary N) is 1. The van der Waals surface area contributed by atoms with Gasteiger partial charge in [-0.3, -0.25) is 4.57 Å². The lowest BCUT2D eigenvalue weighted by Gasteiger charge is -2.22. The number of aliphatic hydroxyl groups excluding tert-OH is 2. The van der Waals surface area contributed by atoms with Gasteiger partial charge in [0.25, 0.3) is 0 Å². The first-order valence-electron chi connectivity index (χ1n) is 10.8. The molecule has 0 radical (unpaired) electrons. The number of benzene rings is 1. The lowest BCUT2D eigenvalue weighted by molar-refractivity contribution is -0.0421. The van der Waals surface area contributed by atoms with Gasteiger partial charge in [-0.05, 0) is 38.2 Å². The van der Waals surface area contributed by atoms with Crippen molar-refractivity contribution in [3.05, 3.63) is 41.9 Å². The lowest BCUT2D eigenvalue weighted by atomic mass is 10.1. The monoisotopic (exact) mass is 490 g/mol. The molecular formula is C21H27ClN8O4. The standard InChI is InChI=1S/C21H27ClN8O4/c1-29(7-3-6-24-21(33)28-13-5-2-4-12(22)8-13)9-14-16(31)17(32)20(34-14)30-11-27-15-18(23)25-10-26-19(15)30/h2,4-5,8,10-11,14,16-17,20,31-32H,3,6-7,9H2,1H3,(H2,23,25,26)(H2,24,28,33)/t14-,16-,17-,20?/m1/s1. The maximum absolute atomic E-state index is 12.0. The number of carbonyl (C=O) groups excluding carboxylic acids is 1. The number of imidazole rings is 1. The number of aromatic nitrogens is 4. The van der Waals surface area contributed by atoms with Crippen molar-refractivity contribution in [1.29, 1.82) is 0 Å². The highest BCUT2D eigenvalue weighted by atomic mass is 35.5. The number of aliphatic hydroxyl groups is 2. The van der Waals surface area contributed by atoms with E-state index >= 15 is 0 Å². The summed E-state index contributed by atoms with van der Waals surface area (Å²) in [6.07, 6.45) is -0.291. The molecule has 2 aromatic heterocycles. The summed E-state index contributed by atoms with van der Waals surface area (Å²) in [5, 5.41) is 27.2. The van der Waals surface area contributed by atoms with Crippen LogP contribution < -0.4 is 16.4 Å². The molecule has 4 rings (SSSR count). The molecule has 0 spiro atoms. The van der Waals surface area contributed by atoms with Crippen LogP contribution in [0.15, 0.2) is 36.9 Å². The van der Waals surface area contributed by atoms with Crippen molar-refractivity contribution in [2.75, 3.05) is 37.7 Å². The molecule has 1 unspecified atom stereocenters. The van der Waals surface area contributed by atoms with E-state index in [0.29, 0.717) is 47.9 Å². The predicted molar refractivity (Wildman–Crippen MR) is 126 cm³/mol. The van der Waals surface area contributed by atoms with Crippen LogP contribution in [-0.2, 0) is 4.74 Å². The van der Waals surface area contributed by atoms with E-state index in [1.165, 1.54) is 12.7 Å². The molecule has 1 saturated heterocycles. The molecule has 1 aliphatic rings. The molecule has 3 aromatic rings. The van der Waals surface area contributed by atoms with Crippen LogP contribution in [0.4, 0.5) is 16.3 Å². The van der Waals surface area contributed by atoms with Crippen molar-refractivity contribution in [3.8, 4) is 0 Å². The van der Waals surface area contributed by atoms with Gasteiger partial charge < -0.3 is 36.2 Å². The smallest absolute Gasteiger partial charge is 0.319 e. The Hall–Kier alpha value is -3.03. The Morgan fingerprint density at radius 3 is 2.91 bits per heavy atom. The van der Waals surface area contributed by atoms with E-state index in [-0.39, 0.29) is 11.8 Å². The van der Waals surface area contributed by atoms with Crippen molar-refractivity contribution in [3.63, 3.8) is 0 Å². The molecule has 4 atom stereocenters. The van der Waals surface area contributed by atoms with E-state index in [1.807, 2.05) is 11.9 Å². The maximum Gasteiger partial charge on any atom is 0.319 e. The summed E-state index contributed by atoms with van der Waals surface area (Å²) in [5.41, 5.74) is 7.26. The lowest BCUT2D eigenvalue weighted by Crippen LogP contribution is -2.39. The van der Waals surface area contributed by atoms with Gasteiger partial charge in [-0.2, -0.15) is 0 Å². The Balaban J connectivity index is 1.24. The van der Waals surface area contributed by atoms with Crippen LogP contribution in [0.25, 0.3) is 11.2 Å². The van der Waals surface area contributed by atoms with Gasteiger partial charge in [0.2, 0.25) is 0 Å². The Morgan fingerprint density at radius 1 is 1.29 bits per heavy atom. The summed E-state index contributed by atoms with van der Waals surface area (Å²) in [6.45, 7) is 1.48. The van der Waals surface area contributed by atoms with Gasteiger partial charge in [-0.15, -0.1) is 0 Å². The molecule has 6 N–H and O–H groups in total. The zero-order chi connectivity index (χ0) is 24.2. The van der Waals surface area contributed by atoms with Gasteiger partial charge >= 0.3 is 6.03 Å². The number of likely N-dealkylation sites (N-methyl/N-ethyl adjacent to an activating group) is 1. The number of halogens is 1. The average molecular weight is 491 g/mol. The molecular weight excluding hydrogens is 464 g/mol. The Labute approximate surface area is 200 Å². The molecule has 182 valence electrons. The zero-order valence-electron chi connectivity index (χ0n) is 18.5. The first-order chi connectivity index (χ1) is 16.3. The molecule has 0 aliphatic carbocycles. The van der Waals surface area contributed by atoms with E-state index in [4.69, 9.17) is 22.1 Å². The number of anilines is 2. The minimum atomic E-state index is -1.16. The largest absolute Gasteiger partial charge is 0.387 e. The van der Waals surface area contributed by atoms with Crippen LogP contribution in [0.5, 0.6) is 0 Å². The summed E-state index contributed by atoms with van der Waals surface area (Å²) in [5.74, 6) is 0.225. The molecule has 34 heavy (non-hydrogen) atoms. The second-order valence-electron chi connectivity index (χ2n) is 8.14. The van der Waals surface area contributed by atoms with Crippen LogP contribution in [-0.4, -0.2) is 85.7 Å². The number of fused-ring (bicyclic) bond motifs is 1. The molecule has 13 heteroatoms. The summed E-state index contributed by atoms with van der Waals surface area (Å²) >= 11 is 5.91. The number of urea groups is 1. The summed E-state index contributed by atoms with van der Waals surface area (Å²) in [4.78, 5) is 26.2. The van der Waals surface area contributed by atoms with Gasteiger partial charge in [0.05, 0.1) is 6.33 Å². The second-order valence-corrected chi connectivity index (χ2v) is 8.57. The number of ether oxygens (including phenoxy) is 1. The fourth-order valence-electron chi connectivity index (χ4n) is 3.86. The van der Waals surface area contributed by atoms with E-state index in [2.05, 4.69) is 25.6 Å². The number of rotatable bonds is 8. The van der Waals surface area contributed by atoms with Crippen LogP contribution in [0.1, 0.15) is 12.6 Å². The first kappa shape index (κ1) is 24.1. The molecule has 1 aliphatic heterocycles. The molecule has 0 bridgehead atoms. The third-order valence-corrected chi connectivity index (χ3v) is 5.81. The minimum Gasteiger partial charge on any atom is -0.387 e. The number of hydrogen-bond acceptors (Lipinski definition) is 9. The highest BCUT2D eigenvalue weighted by molar-refractivity contribution is 6.30. The topological polar surface area (TPSA) is 164 Å². The van der Waals surface area contributed by atoms with Gasteiger partial charge in [0.15, 0.2) is 17.7 Å². The number of nitrogen functional groups attached to an aromatic ring is 1. The first-order valence-corrected chi connectivity index (χ1v) is 11.1. The van der Waals surface area contributed by atoms with E-state index in [0.717, 1.165) is 0 Å². The summed E-state index contributed by atoms with van der Waals surface area (Å²) < 4.78 is 7.50. The van der Waals surface area contributed by atoms with Gasteiger partial charge in [0, 0.05) is 23.8 Å². The quantitative estimate of drug-likeness (QED) is 0.287. The van der Waals surface area contributed by atoms with Crippen molar-refractivity contribution in [1.82, 2.24) is 29.7 Å². The van der Waals surface area contributed by atoms with E-state index < -0.39 is 24.5 Å². The maximum atomic E-state index is 12.0. The van der Waals surface area contributed by atoms with Crippen molar-refractivity contribution >= 4 is 40.3 Å². The number of carbonyl (C=O) groups is 1. The number of nitrogens with zero attached hydrogens (tertiary/aromatic N) is 5. The molecule has 1 aromatic carbocycles. The van der Waals surface area contributed by atoms with Gasteiger partial charge in [0.1, 0.15) is 30.2 Å². The minimum absolute atomic E-state index is 0.225. The number of hydrogen-bond donors (Lipinski definition) is 5. The van der Waals surface area contributed by atoms with Gasteiger partial charge in [-0.25, -0.2) is 19.7 Å². The van der Waals surface area contributed by atoms with Crippen molar-refractivity contribution in [2.45, 2.75) is 31.0 Å². The normalized spacial score (nSPS) is 22.4. The third-order valence-electron chi connectivity index (χ3n) is 5.57. The van der Waals surface area contributed by atoms with E-state index in [9.17, 15) is 15.0 Å². The average Bonchev–Trinajstić information content (AvgIpc) is 3.34. The zero-order valence-corrected chi connectivity index (χ0v) is 19.3.